The van der Waals surface area contributed by atoms with Crippen LogP contribution in [0, 0.1) is 11.3 Å². The molecule has 1 aliphatic carbocycles. The molecule has 0 atom stereocenters. The molecular formula is C26H20BrN5O4. The minimum Gasteiger partial charge on any atom is -0.477 e. The molecule has 0 unspecified atom stereocenters. The number of fused-ring (bicyclic) bond motifs is 1. The molecule has 2 aromatic heterocycles. The zero-order valence-corrected chi connectivity index (χ0v) is 20.5. The van der Waals surface area contributed by atoms with Gasteiger partial charge in [0.05, 0.1) is 21.6 Å². The number of aromatic carboxylic acids is 1. The first kappa shape index (κ1) is 23.5. The summed E-state index contributed by atoms with van der Waals surface area (Å²) in [5.74, 6) is -0.227. The lowest BCUT2D eigenvalue weighted by Gasteiger charge is -2.20. The summed E-state index contributed by atoms with van der Waals surface area (Å²) in [6, 6.07) is 14.0. The van der Waals surface area contributed by atoms with Gasteiger partial charge in [0.15, 0.2) is 0 Å². The zero-order chi connectivity index (χ0) is 25.2. The Kier molecular flexibility index (Phi) is 6.40. The first-order valence-electron chi connectivity index (χ1n) is 11.3. The number of ether oxygens (including phenoxy) is 1. The lowest BCUT2D eigenvalue weighted by atomic mass is 10.1. The Balaban J connectivity index is 1.51. The van der Waals surface area contributed by atoms with Gasteiger partial charge in [-0.15, -0.1) is 0 Å². The van der Waals surface area contributed by atoms with Crippen LogP contribution in [0.3, 0.4) is 0 Å². The minimum atomic E-state index is -1.24. The Labute approximate surface area is 214 Å². The van der Waals surface area contributed by atoms with E-state index in [4.69, 9.17) is 10.00 Å². The van der Waals surface area contributed by atoms with Gasteiger partial charge in [0.2, 0.25) is 17.3 Å². The second kappa shape index (κ2) is 9.79. The fourth-order valence-corrected chi connectivity index (χ4v) is 4.82. The summed E-state index contributed by atoms with van der Waals surface area (Å²) < 4.78 is 8.44. The largest absolute Gasteiger partial charge is 0.477 e. The Morgan fingerprint density at radius 2 is 1.94 bits per heavy atom. The van der Waals surface area contributed by atoms with Gasteiger partial charge < -0.3 is 19.7 Å². The number of nitriles is 1. The van der Waals surface area contributed by atoms with Gasteiger partial charge >= 0.3 is 5.97 Å². The number of nitrogens with one attached hydrogen (secondary N) is 1. The van der Waals surface area contributed by atoms with Crippen molar-refractivity contribution >= 4 is 44.4 Å². The van der Waals surface area contributed by atoms with E-state index in [1.54, 1.807) is 48.7 Å². The van der Waals surface area contributed by atoms with Crippen LogP contribution in [0.4, 0.5) is 11.6 Å². The third-order valence-corrected chi connectivity index (χ3v) is 6.77. The quantitative estimate of drug-likeness (QED) is 0.312. The third-order valence-electron chi connectivity index (χ3n) is 6.15. The Hall–Kier alpha value is -4.23. The van der Waals surface area contributed by atoms with Crippen LogP contribution < -0.4 is 15.5 Å². The highest BCUT2D eigenvalue weighted by atomic mass is 79.9. The van der Waals surface area contributed by atoms with Crippen LogP contribution in [0.5, 0.6) is 11.6 Å². The smallest absolute Gasteiger partial charge is 0.341 e. The molecule has 1 saturated carbocycles. The van der Waals surface area contributed by atoms with Crippen molar-refractivity contribution in [1.29, 1.82) is 5.26 Å². The Morgan fingerprint density at radius 3 is 2.64 bits per heavy atom. The van der Waals surface area contributed by atoms with Gasteiger partial charge in [0, 0.05) is 41.6 Å². The Bertz CT molecular complexity index is 1570. The average Bonchev–Trinajstić information content (AvgIpc) is 3.41. The molecule has 0 radical (unpaired) electrons. The second-order valence-corrected chi connectivity index (χ2v) is 9.31. The predicted octanol–water partition coefficient (Wildman–Crippen LogP) is 5.77. The number of aromatic nitrogens is 3. The van der Waals surface area contributed by atoms with Gasteiger partial charge in [-0.2, -0.15) is 10.2 Å². The van der Waals surface area contributed by atoms with Gasteiger partial charge in [-0.1, -0.05) is 12.8 Å². The van der Waals surface area contributed by atoms with E-state index >= 15 is 0 Å². The highest BCUT2D eigenvalue weighted by Crippen LogP contribution is 2.36. The maximum absolute atomic E-state index is 12.9. The van der Waals surface area contributed by atoms with Gasteiger partial charge in [-0.3, -0.25) is 4.79 Å². The van der Waals surface area contributed by atoms with Gasteiger partial charge in [-0.05, 0) is 59.1 Å². The number of rotatable bonds is 6. The van der Waals surface area contributed by atoms with E-state index in [0.717, 1.165) is 25.7 Å². The molecule has 0 saturated heterocycles. The predicted molar refractivity (Wildman–Crippen MR) is 137 cm³/mol. The van der Waals surface area contributed by atoms with Crippen LogP contribution in [-0.2, 0) is 0 Å². The molecule has 9 nitrogen and oxygen atoms in total. The summed E-state index contributed by atoms with van der Waals surface area (Å²) in [6.07, 6.45) is 6.94. The maximum atomic E-state index is 12.9. The van der Waals surface area contributed by atoms with Crippen molar-refractivity contribution in [1.82, 2.24) is 14.5 Å². The first-order chi connectivity index (χ1) is 17.4. The highest BCUT2D eigenvalue weighted by Gasteiger charge is 2.23. The molecule has 10 heteroatoms. The van der Waals surface area contributed by atoms with Crippen molar-refractivity contribution in [2.45, 2.75) is 31.7 Å². The minimum absolute atomic E-state index is 0.113. The summed E-state index contributed by atoms with van der Waals surface area (Å²) in [6.45, 7) is 0. The molecule has 1 fully saturated rings. The molecule has 4 aromatic rings. The molecule has 0 amide bonds. The zero-order valence-electron chi connectivity index (χ0n) is 18.9. The molecule has 0 spiro atoms. The number of pyridine rings is 1. The van der Waals surface area contributed by atoms with Crippen molar-refractivity contribution in [3.8, 4) is 17.7 Å². The fraction of sp³-hybridized carbons (Fsp3) is 0.192. The number of nitrogens with zero attached hydrogens (tertiary/aromatic N) is 4. The van der Waals surface area contributed by atoms with Crippen LogP contribution in [0.1, 0.15) is 47.6 Å². The summed E-state index contributed by atoms with van der Waals surface area (Å²) in [5.41, 5.74) is 1.10. The first-order valence-corrected chi connectivity index (χ1v) is 12.1. The lowest BCUT2D eigenvalue weighted by Crippen LogP contribution is -2.20. The molecule has 5 rings (SSSR count). The topological polar surface area (TPSA) is 130 Å². The molecule has 1 aliphatic rings. The molecule has 2 heterocycles. The second-order valence-electron chi connectivity index (χ2n) is 8.46. The number of benzene rings is 2. The molecule has 180 valence electrons. The lowest BCUT2D eigenvalue weighted by molar-refractivity contribution is 0.0694. The van der Waals surface area contributed by atoms with Crippen LogP contribution in [0.2, 0.25) is 0 Å². The van der Waals surface area contributed by atoms with E-state index in [0.29, 0.717) is 38.3 Å². The SMILES string of the molecule is N#Cc1ccc(Nc2nccc(Oc3cc4c(cc3Br)c(=O)c(C(=O)O)cn4C3CCCC3)n2)cc1. The summed E-state index contributed by atoms with van der Waals surface area (Å²) in [7, 11) is 0. The van der Waals surface area contributed by atoms with Crippen molar-refractivity contribution in [3.63, 3.8) is 0 Å². The van der Waals surface area contributed by atoms with E-state index in [1.165, 1.54) is 6.20 Å². The number of carboxylic acids is 1. The fourth-order valence-electron chi connectivity index (χ4n) is 4.39. The third kappa shape index (κ3) is 4.65. The molecule has 2 aromatic carbocycles. The van der Waals surface area contributed by atoms with Crippen LogP contribution in [0.25, 0.3) is 10.9 Å². The van der Waals surface area contributed by atoms with Gasteiger partial charge in [-0.25, -0.2) is 9.78 Å². The summed E-state index contributed by atoms with van der Waals surface area (Å²) >= 11 is 3.46. The number of carbonyl (C=O) groups is 1. The molecule has 36 heavy (non-hydrogen) atoms. The van der Waals surface area contributed by atoms with E-state index in [9.17, 15) is 14.7 Å². The van der Waals surface area contributed by atoms with E-state index in [-0.39, 0.29) is 17.5 Å². The van der Waals surface area contributed by atoms with Crippen molar-refractivity contribution in [2.24, 2.45) is 0 Å². The molecule has 0 aliphatic heterocycles. The number of hydrogen-bond acceptors (Lipinski definition) is 7. The Morgan fingerprint density at radius 1 is 1.19 bits per heavy atom. The van der Waals surface area contributed by atoms with Gasteiger partial charge in [0.25, 0.3) is 0 Å². The number of carboxylic acid groups (broad SMARTS) is 1. The van der Waals surface area contributed by atoms with Crippen molar-refractivity contribution < 1.29 is 14.6 Å². The maximum Gasteiger partial charge on any atom is 0.341 e. The van der Waals surface area contributed by atoms with E-state index < -0.39 is 11.4 Å². The van der Waals surface area contributed by atoms with Crippen LogP contribution >= 0.6 is 15.9 Å². The standard InChI is InChI=1S/C26H20BrN5O4/c27-20-11-18-21(32(17-3-1-2-4-17)14-19(24(18)33)25(34)35)12-22(20)36-23-9-10-29-26(31-23)30-16-7-5-15(13-28)6-8-16/h5-12,14,17H,1-4H2,(H,34,35)(H,29,30,31). The molecular weight excluding hydrogens is 526 g/mol. The van der Waals surface area contributed by atoms with Crippen LogP contribution in [-0.4, -0.2) is 25.6 Å². The normalized spacial score (nSPS) is 13.4. The summed E-state index contributed by atoms with van der Waals surface area (Å²) in [4.78, 5) is 33.3. The van der Waals surface area contributed by atoms with Gasteiger partial charge in [0.1, 0.15) is 11.3 Å². The van der Waals surface area contributed by atoms with E-state index in [2.05, 4.69) is 37.3 Å². The van der Waals surface area contributed by atoms with E-state index in [1.807, 2.05) is 4.57 Å². The number of halogens is 1. The average molecular weight is 546 g/mol. The van der Waals surface area contributed by atoms with Crippen molar-refractivity contribution in [3.05, 3.63) is 80.7 Å². The summed E-state index contributed by atoms with van der Waals surface area (Å²) in [5, 5.41) is 21.9. The highest BCUT2D eigenvalue weighted by molar-refractivity contribution is 9.10. The number of anilines is 2. The van der Waals surface area contributed by atoms with Crippen molar-refractivity contribution in [2.75, 3.05) is 5.32 Å². The molecule has 2 N–H and O–H groups in total. The number of hydrogen-bond donors (Lipinski definition) is 2. The molecule has 0 bridgehead atoms. The van der Waals surface area contributed by atoms with Crippen LogP contribution in [0.15, 0.2) is 64.1 Å². The monoisotopic (exact) mass is 545 g/mol.